The number of hydrogen-bond donors (Lipinski definition) is 1. The van der Waals surface area contributed by atoms with Gasteiger partial charge in [-0.2, -0.15) is 0 Å². The van der Waals surface area contributed by atoms with Crippen LogP contribution in [0.25, 0.3) is 0 Å². The highest BCUT2D eigenvalue weighted by Gasteiger charge is 2.35. The lowest BCUT2D eigenvalue weighted by molar-refractivity contribution is -0.140. The first kappa shape index (κ1) is 32.8. The summed E-state index contributed by atoms with van der Waals surface area (Å²) in [6.45, 7) is 2.84. The predicted molar refractivity (Wildman–Crippen MR) is 168 cm³/mol. The molecule has 1 aliphatic rings. The van der Waals surface area contributed by atoms with E-state index in [1.807, 2.05) is 6.92 Å². The first-order valence-corrected chi connectivity index (χ1v) is 16.6. The molecule has 1 saturated carbocycles. The van der Waals surface area contributed by atoms with Gasteiger partial charge in [-0.15, -0.1) is 0 Å². The van der Waals surface area contributed by atoms with Gasteiger partial charge in [0.05, 0.1) is 20.6 Å². The van der Waals surface area contributed by atoms with Crippen LogP contribution in [-0.2, 0) is 26.2 Å². The van der Waals surface area contributed by atoms with Crippen LogP contribution in [0.3, 0.4) is 0 Å². The molecule has 7 nitrogen and oxygen atoms in total. The maximum absolute atomic E-state index is 15.1. The summed E-state index contributed by atoms with van der Waals surface area (Å²) in [6, 6.07) is 15.5. The van der Waals surface area contributed by atoms with Crippen molar-refractivity contribution >= 4 is 50.7 Å². The summed E-state index contributed by atoms with van der Waals surface area (Å²) in [5.41, 5.74) is 1.17. The van der Waals surface area contributed by atoms with Gasteiger partial charge >= 0.3 is 0 Å². The van der Waals surface area contributed by atoms with Crippen molar-refractivity contribution in [1.82, 2.24) is 10.2 Å². The van der Waals surface area contributed by atoms with Crippen LogP contribution in [0.4, 0.5) is 10.1 Å². The van der Waals surface area contributed by atoms with Crippen LogP contribution in [0.2, 0.25) is 10.0 Å². The van der Waals surface area contributed by atoms with Crippen LogP contribution >= 0.6 is 23.2 Å². The number of halogens is 3. The minimum absolute atomic E-state index is 0.00839. The van der Waals surface area contributed by atoms with E-state index >= 15 is 4.39 Å². The fraction of sp³-hybridized carbons (Fsp3) is 0.375. The number of aryl methyl sites for hydroxylation is 1. The maximum Gasteiger partial charge on any atom is 0.264 e. The Hall–Kier alpha value is -3.14. The molecule has 3 aromatic rings. The Morgan fingerprint density at radius 3 is 2.28 bits per heavy atom. The van der Waals surface area contributed by atoms with Crippen molar-refractivity contribution in [3.05, 3.63) is 93.7 Å². The lowest BCUT2D eigenvalue weighted by Crippen LogP contribution is -2.54. The van der Waals surface area contributed by atoms with Gasteiger partial charge in [0, 0.05) is 12.6 Å². The number of anilines is 1. The van der Waals surface area contributed by atoms with Crippen molar-refractivity contribution in [3.63, 3.8) is 0 Å². The van der Waals surface area contributed by atoms with E-state index in [-0.39, 0.29) is 40.5 Å². The van der Waals surface area contributed by atoms with Gasteiger partial charge in [-0.25, -0.2) is 12.8 Å². The number of carbonyl (C=O) groups is 2. The minimum Gasteiger partial charge on any atom is -0.352 e. The maximum atomic E-state index is 15.1. The van der Waals surface area contributed by atoms with E-state index in [0.717, 1.165) is 48.0 Å². The number of rotatable bonds is 11. The predicted octanol–water partition coefficient (Wildman–Crippen LogP) is 6.89. The monoisotopic (exact) mass is 647 g/mol. The van der Waals surface area contributed by atoms with Crippen molar-refractivity contribution in [2.45, 2.75) is 75.9 Å². The zero-order valence-corrected chi connectivity index (χ0v) is 26.6. The number of carbonyl (C=O) groups excluding carboxylic acids is 2. The Bertz CT molecular complexity index is 1550. The van der Waals surface area contributed by atoms with Gasteiger partial charge in [0.15, 0.2) is 0 Å². The molecule has 3 aromatic carbocycles. The SMILES string of the molecule is CCC(C(=O)NC1CCCCC1)N(Cc1ccc(Cl)c(Cl)c1)C(=O)CN(c1ccccc1F)S(=O)(=O)c1ccc(C)cc1. The molecule has 0 bridgehead atoms. The van der Waals surface area contributed by atoms with Crippen molar-refractivity contribution < 1.29 is 22.4 Å². The first-order valence-electron chi connectivity index (χ1n) is 14.4. The Morgan fingerprint density at radius 2 is 1.65 bits per heavy atom. The van der Waals surface area contributed by atoms with E-state index in [1.165, 1.54) is 35.2 Å². The van der Waals surface area contributed by atoms with E-state index in [2.05, 4.69) is 5.32 Å². The smallest absolute Gasteiger partial charge is 0.264 e. The third-order valence-electron chi connectivity index (χ3n) is 7.68. The first-order chi connectivity index (χ1) is 20.5. The Morgan fingerprint density at radius 1 is 0.977 bits per heavy atom. The second-order valence-corrected chi connectivity index (χ2v) is 13.5. The number of amides is 2. The van der Waals surface area contributed by atoms with Crippen molar-refractivity contribution in [2.75, 3.05) is 10.8 Å². The summed E-state index contributed by atoms with van der Waals surface area (Å²) in [5, 5.41) is 3.71. The molecule has 43 heavy (non-hydrogen) atoms. The molecule has 230 valence electrons. The van der Waals surface area contributed by atoms with Crippen LogP contribution in [-0.4, -0.2) is 43.8 Å². The lowest BCUT2D eigenvalue weighted by atomic mass is 9.95. The molecule has 0 spiro atoms. The number of nitrogens with one attached hydrogen (secondary N) is 1. The molecule has 1 atom stereocenters. The number of hydrogen-bond acceptors (Lipinski definition) is 4. The van der Waals surface area contributed by atoms with Gasteiger partial charge in [0.1, 0.15) is 18.4 Å². The van der Waals surface area contributed by atoms with Crippen LogP contribution in [0.5, 0.6) is 0 Å². The van der Waals surface area contributed by atoms with E-state index in [1.54, 1.807) is 37.3 Å². The topological polar surface area (TPSA) is 86.8 Å². The van der Waals surface area contributed by atoms with Gasteiger partial charge in [-0.05, 0) is 68.1 Å². The second kappa shape index (κ2) is 14.6. The number of benzene rings is 3. The summed E-state index contributed by atoms with van der Waals surface area (Å²) in [6.07, 6.45) is 5.14. The van der Waals surface area contributed by atoms with E-state index in [4.69, 9.17) is 23.2 Å². The zero-order chi connectivity index (χ0) is 31.1. The molecule has 0 aliphatic heterocycles. The second-order valence-electron chi connectivity index (χ2n) is 10.8. The standard InChI is InChI=1S/C32H36Cl2FN3O4S/c1-3-29(32(40)36-24-9-5-4-6-10-24)37(20-23-15-18-26(33)27(34)19-23)31(39)21-38(30-12-8-7-11-28(30)35)43(41,42)25-16-13-22(2)14-17-25/h7-8,11-19,24,29H,3-6,9-10,20-21H2,1-2H3,(H,36,40). The molecule has 1 N–H and O–H groups in total. The van der Waals surface area contributed by atoms with Gasteiger partial charge in [0.2, 0.25) is 11.8 Å². The molecule has 1 aliphatic carbocycles. The number of sulfonamides is 1. The van der Waals surface area contributed by atoms with Crippen molar-refractivity contribution in [3.8, 4) is 0 Å². The molecule has 11 heteroatoms. The van der Waals surface area contributed by atoms with E-state index < -0.39 is 34.3 Å². The largest absolute Gasteiger partial charge is 0.352 e. The summed E-state index contributed by atoms with van der Waals surface area (Å²) in [4.78, 5) is 29.1. The molecular weight excluding hydrogens is 612 g/mol. The molecule has 1 unspecified atom stereocenters. The molecule has 2 amide bonds. The molecule has 0 aromatic heterocycles. The highest BCUT2D eigenvalue weighted by Crippen LogP contribution is 2.28. The Balaban J connectivity index is 1.73. The van der Waals surface area contributed by atoms with Crippen LogP contribution in [0.1, 0.15) is 56.6 Å². The average molecular weight is 649 g/mol. The lowest BCUT2D eigenvalue weighted by Gasteiger charge is -2.34. The quantitative estimate of drug-likeness (QED) is 0.245. The fourth-order valence-electron chi connectivity index (χ4n) is 5.30. The van der Waals surface area contributed by atoms with Crippen molar-refractivity contribution in [1.29, 1.82) is 0 Å². The summed E-state index contributed by atoms with van der Waals surface area (Å²) in [5.74, 6) is -1.79. The molecule has 0 radical (unpaired) electrons. The van der Waals surface area contributed by atoms with Gasteiger partial charge < -0.3 is 10.2 Å². The number of nitrogens with zero attached hydrogens (tertiary/aromatic N) is 2. The Kier molecular flexibility index (Phi) is 11.1. The van der Waals surface area contributed by atoms with Crippen molar-refractivity contribution in [2.24, 2.45) is 0 Å². The van der Waals surface area contributed by atoms with E-state index in [0.29, 0.717) is 10.6 Å². The van der Waals surface area contributed by atoms with Gasteiger partial charge in [0.25, 0.3) is 10.0 Å². The number of para-hydroxylation sites is 1. The molecule has 1 fully saturated rings. The summed E-state index contributed by atoms with van der Waals surface area (Å²) in [7, 11) is -4.38. The summed E-state index contributed by atoms with van der Waals surface area (Å²) >= 11 is 12.4. The molecule has 0 saturated heterocycles. The minimum atomic E-state index is -4.38. The van der Waals surface area contributed by atoms with Crippen LogP contribution < -0.4 is 9.62 Å². The zero-order valence-electron chi connectivity index (χ0n) is 24.2. The van der Waals surface area contributed by atoms with Crippen LogP contribution in [0, 0.1) is 12.7 Å². The van der Waals surface area contributed by atoms with E-state index in [9.17, 15) is 18.0 Å². The molecular formula is C32H36Cl2FN3O4S. The highest BCUT2D eigenvalue weighted by atomic mass is 35.5. The third-order valence-corrected chi connectivity index (χ3v) is 10.2. The molecule has 0 heterocycles. The van der Waals surface area contributed by atoms with Gasteiger partial charge in [-0.1, -0.05) is 85.3 Å². The third kappa shape index (κ3) is 8.08. The Labute approximate surface area is 263 Å². The molecule has 4 rings (SSSR count). The normalized spacial score (nSPS) is 14.6. The van der Waals surface area contributed by atoms with Crippen LogP contribution in [0.15, 0.2) is 71.6 Å². The fourth-order valence-corrected chi connectivity index (χ4v) is 7.05. The average Bonchev–Trinajstić information content (AvgIpc) is 2.98. The van der Waals surface area contributed by atoms with Gasteiger partial charge in [-0.3, -0.25) is 13.9 Å². The highest BCUT2D eigenvalue weighted by molar-refractivity contribution is 7.92. The summed E-state index contributed by atoms with van der Waals surface area (Å²) < 4.78 is 43.7.